The third kappa shape index (κ3) is 3.81. The van der Waals surface area contributed by atoms with Crippen LogP contribution >= 0.6 is 27.3 Å². The van der Waals surface area contributed by atoms with Crippen molar-refractivity contribution in [3.8, 4) is 0 Å². The molecule has 0 amide bonds. The number of thiophene rings is 1. The standard InChI is InChI=1S/C15H19BrN2S/c1-11-4-5-15(12(6-11)8-17-2)18(3)9-14-7-13(16)10-19-14/h4-7,10,17H,8-9H2,1-3H3. The maximum absolute atomic E-state index is 3.51. The van der Waals surface area contributed by atoms with Gasteiger partial charge in [-0.05, 0) is 47.6 Å². The quantitative estimate of drug-likeness (QED) is 0.879. The van der Waals surface area contributed by atoms with Crippen LogP contribution in [0.1, 0.15) is 16.0 Å². The maximum atomic E-state index is 3.51. The van der Waals surface area contributed by atoms with Gasteiger partial charge in [-0.1, -0.05) is 17.7 Å². The van der Waals surface area contributed by atoms with Gasteiger partial charge in [-0.3, -0.25) is 0 Å². The van der Waals surface area contributed by atoms with Gasteiger partial charge < -0.3 is 10.2 Å². The molecule has 0 unspecified atom stereocenters. The molecule has 0 aliphatic heterocycles. The lowest BCUT2D eigenvalue weighted by Gasteiger charge is -2.22. The Morgan fingerprint density at radius 1 is 1.32 bits per heavy atom. The van der Waals surface area contributed by atoms with Crippen molar-refractivity contribution in [3.05, 3.63) is 50.1 Å². The molecule has 0 bridgehead atoms. The van der Waals surface area contributed by atoms with Crippen molar-refractivity contribution in [3.63, 3.8) is 0 Å². The molecule has 2 nitrogen and oxygen atoms in total. The Balaban J connectivity index is 2.20. The van der Waals surface area contributed by atoms with Gasteiger partial charge in [-0.15, -0.1) is 11.3 Å². The van der Waals surface area contributed by atoms with Crippen molar-refractivity contribution >= 4 is 33.0 Å². The molecule has 19 heavy (non-hydrogen) atoms. The lowest BCUT2D eigenvalue weighted by atomic mass is 10.1. The molecule has 0 radical (unpaired) electrons. The molecule has 0 aliphatic rings. The molecule has 1 aromatic heterocycles. The van der Waals surface area contributed by atoms with Crippen molar-refractivity contribution in [2.75, 3.05) is 19.0 Å². The first-order valence-corrected chi connectivity index (χ1v) is 7.95. The van der Waals surface area contributed by atoms with E-state index in [9.17, 15) is 0 Å². The van der Waals surface area contributed by atoms with Crippen LogP contribution in [0.25, 0.3) is 0 Å². The summed E-state index contributed by atoms with van der Waals surface area (Å²) in [6.45, 7) is 3.98. The van der Waals surface area contributed by atoms with Crippen LogP contribution in [0.15, 0.2) is 34.1 Å². The molecule has 0 spiro atoms. The van der Waals surface area contributed by atoms with E-state index in [1.807, 2.05) is 7.05 Å². The summed E-state index contributed by atoms with van der Waals surface area (Å²) in [6, 6.07) is 8.83. The summed E-state index contributed by atoms with van der Waals surface area (Å²) in [6.07, 6.45) is 0. The molecule has 1 aromatic carbocycles. The van der Waals surface area contributed by atoms with E-state index in [4.69, 9.17) is 0 Å². The van der Waals surface area contributed by atoms with Crippen LogP contribution in [0.3, 0.4) is 0 Å². The smallest absolute Gasteiger partial charge is 0.0520 e. The van der Waals surface area contributed by atoms with Crippen molar-refractivity contribution in [1.29, 1.82) is 0 Å². The van der Waals surface area contributed by atoms with E-state index in [1.54, 1.807) is 11.3 Å². The highest BCUT2D eigenvalue weighted by Gasteiger charge is 2.09. The molecule has 2 rings (SSSR count). The fourth-order valence-corrected chi connectivity index (χ4v) is 3.68. The van der Waals surface area contributed by atoms with E-state index in [0.29, 0.717) is 0 Å². The number of hydrogen-bond donors (Lipinski definition) is 1. The fraction of sp³-hybridized carbons (Fsp3) is 0.333. The average molecular weight is 339 g/mol. The number of nitrogens with zero attached hydrogens (tertiary/aromatic N) is 1. The molecule has 1 N–H and O–H groups in total. The number of aryl methyl sites for hydroxylation is 1. The lowest BCUT2D eigenvalue weighted by Crippen LogP contribution is -2.19. The summed E-state index contributed by atoms with van der Waals surface area (Å²) in [7, 11) is 4.14. The van der Waals surface area contributed by atoms with E-state index in [0.717, 1.165) is 13.1 Å². The van der Waals surface area contributed by atoms with Crippen LogP contribution in [0.4, 0.5) is 5.69 Å². The van der Waals surface area contributed by atoms with Gasteiger partial charge in [0.05, 0.1) is 6.54 Å². The molecule has 2 aromatic rings. The highest BCUT2D eigenvalue weighted by Crippen LogP contribution is 2.26. The van der Waals surface area contributed by atoms with Crippen molar-refractivity contribution in [2.24, 2.45) is 0 Å². The summed E-state index contributed by atoms with van der Waals surface area (Å²) in [5.41, 5.74) is 3.95. The second kappa shape index (κ2) is 6.55. The summed E-state index contributed by atoms with van der Waals surface area (Å²) in [5, 5.41) is 5.37. The minimum atomic E-state index is 0.898. The maximum Gasteiger partial charge on any atom is 0.0520 e. The van der Waals surface area contributed by atoms with E-state index in [1.165, 1.54) is 26.2 Å². The van der Waals surface area contributed by atoms with Crippen LogP contribution in [-0.4, -0.2) is 14.1 Å². The van der Waals surface area contributed by atoms with E-state index in [-0.39, 0.29) is 0 Å². The van der Waals surface area contributed by atoms with Gasteiger partial charge in [0, 0.05) is 34.0 Å². The Morgan fingerprint density at radius 3 is 2.74 bits per heavy atom. The number of rotatable bonds is 5. The average Bonchev–Trinajstić information content (AvgIpc) is 2.75. The SMILES string of the molecule is CNCc1cc(C)ccc1N(C)Cc1cc(Br)cs1. The van der Waals surface area contributed by atoms with Crippen molar-refractivity contribution in [1.82, 2.24) is 5.32 Å². The first kappa shape index (κ1) is 14.6. The van der Waals surface area contributed by atoms with Crippen molar-refractivity contribution < 1.29 is 0 Å². The van der Waals surface area contributed by atoms with Crippen molar-refractivity contribution in [2.45, 2.75) is 20.0 Å². The molecule has 1 heterocycles. The summed E-state index contributed by atoms with van der Waals surface area (Å²) >= 11 is 5.30. The Bertz CT molecular complexity index is 551. The molecule has 0 atom stereocenters. The van der Waals surface area contributed by atoms with Crippen LogP contribution < -0.4 is 10.2 Å². The summed E-state index contributed by atoms with van der Waals surface area (Å²) in [5.74, 6) is 0. The van der Waals surface area contributed by atoms with Gasteiger partial charge in [0.2, 0.25) is 0 Å². The predicted molar refractivity (Wildman–Crippen MR) is 88.1 cm³/mol. The van der Waals surface area contributed by atoms with Gasteiger partial charge >= 0.3 is 0 Å². The zero-order valence-corrected chi connectivity index (χ0v) is 13.9. The van der Waals surface area contributed by atoms with Gasteiger partial charge in [0.1, 0.15) is 0 Å². The Labute approximate surface area is 127 Å². The third-order valence-corrected chi connectivity index (χ3v) is 4.71. The van der Waals surface area contributed by atoms with E-state index in [2.05, 4.69) is 69.8 Å². The van der Waals surface area contributed by atoms with Gasteiger partial charge in [0.15, 0.2) is 0 Å². The second-order valence-electron chi connectivity index (χ2n) is 4.75. The van der Waals surface area contributed by atoms with E-state index < -0.39 is 0 Å². The van der Waals surface area contributed by atoms with E-state index >= 15 is 0 Å². The zero-order chi connectivity index (χ0) is 13.8. The molecule has 0 fully saturated rings. The Kier molecular flexibility index (Phi) is 5.02. The molecular weight excluding hydrogens is 320 g/mol. The number of anilines is 1. The first-order valence-electron chi connectivity index (χ1n) is 6.28. The molecule has 102 valence electrons. The minimum absolute atomic E-state index is 0.898. The molecule has 0 aliphatic carbocycles. The van der Waals surface area contributed by atoms with Crippen LogP contribution in [0, 0.1) is 6.92 Å². The highest BCUT2D eigenvalue weighted by atomic mass is 79.9. The third-order valence-electron chi connectivity index (χ3n) is 3.03. The number of halogens is 1. The Morgan fingerprint density at radius 2 is 2.11 bits per heavy atom. The fourth-order valence-electron chi connectivity index (χ4n) is 2.17. The monoisotopic (exact) mass is 338 g/mol. The Hall–Kier alpha value is -0.840. The van der Waals surface area contributed by atoms with Gasteiger partial charge in [-0.2, -0.15) is 0 Å². The molecule has 0 saturated carbocycles. The largest absolute Gasteiger partial charge is 0.369 e. The normalized spacial score (nSPS) is 10.7. The number of benzene rings is 1. The van der Waals surface area contributed by atoms with Crippen LogP contribution in [-0.2, 0) is 13.1 Å². The summed E-state index contributed by atoms with van der Waals surface area (Å²) < 4.78 is 1.17. The highest BCUT2D eigenvalue weighted by molar-refractivity contribution is 9.10. The molecule has 4 heteroatoms. The molecular formula is C15H19BrN2S. The first-order chi connectivity index (χ1) is 9.10. The number of nitrogens with one attached hydrogen (secondary N) is 1. The molecule has 0 saturated heterocycles. The predicted octanol–water partition coefficient (Wildman–Crippen LogP) is 4.17. The zero-order valence-electron chi connectivity index (χ0n) is 11.5. The van der Waals surface area contributed by atoms with Crippen LogP contribution in [0.5, 0.6) is 0 Å². The number of hydrogen-bond acceptors (Lipinski definition) is 3. The second-order valence-corrected chi connectivity index (χ2v) is 6.66. The minimum Gasteiger partial charge on any atom is -0.369 e. The van der Waals surface area contributed by atoms with Crippen LogP contribution in [0.2, 0.25) is 0 Å². The topological polar surface area (TPSA) is 15.3 Å². The van der Waals surface area contributed by atoms with Gasteiger partial charge in [0.25, 0.3) is 0 Å². The lowest BCUT2D eigenvalue weighted by molar-refractivity contribution is 0.806. The summed E-state index contributed by atoms with van der Waals surface area (Å²) in [4.78, 5) is 3.68. The van der Waals surface area contributed by atoms with Gasteiger partial charge in [-0.25, -0.2) is 0 Å².